The number of amides is 1. The van der Waals surface area contributed by atoms with Crippen molar-refractivity contribution in [1.29, 1.82) is 0 Å². The number of carbonyl (C=O) groups is 1. The maximum atomic E-state index is 13.6. The molecule has 1 amide bonds. The number of halogens is 2. The molecule has 2 aromatic carbocycles. The lowest BCUT2D eigenvalue weighted by Gasteiger charge is -2.07. The van der Waals surface area contributed by atoms with Gasteiger partial charge in [0.05, 0.1) is 5.75 Å². The summed E-state index contributed by atoms with van der Waals surface area (Å²) in [5.74, 6) is 1.25. The summed E-state index contributed by atoms with van der Waals surface area (Å²) in [7, 11) is 0. The molecule has 0 bridgehead atoms. The van der Waals surface area contributed by atoms with Gasteiger partial charge in [-0.25, -0.2) is 4.39 Å². The van der Waals surface area contributed by atoms with Crippen molar-refractivity contribution in [3.8, 4) is 11.5 Å². The molecule has 120 valence electrons. The van der Waals surface area contributed by atoms with Crippen LogP contribution in [0.3, 0.4) is 0 Å². The summed E-state index contributed by atoms with van der Waals surface area (Å²) < 4.78 is 24.1. The molecular formula is C16H13ClFNO3S. The van der Waals surface area contributed by atoms with E-state index in [1.54, 1.807) is 30.3 Å². The highest BCUT2D eigenvalue weighted by atomic mass is 35.5. The Morgan fingerprint density at radius 1 is 1.26 bits per heavy atom. The molecule has 0 atom stereocenters. The van der Waals surface area contributed by atoms with Gasteiger partial charge in [-0.3, -0.25) is 4.79 Å². The Balaban J connectivity index is 1.52. The molecule has 23 heavy (non-hydrogen) atoms. The first-order valence-electron chi connectivity index (χ1n) is 6.83. The number of hydrogen-bond donors (Lipinski definition) is 1. The van der Waals surface area contributed by atoms with E-state index in [1.807, 2.05) is 0 Å². The summed E-state index contributed by atoms with van der Waals surface area (Å²) in [6, 6.07) is 9.73. The van der Waals surface area contributed by atoms with Crippen molar-refractivity contribution in [1.82, 2.24) is 0 Å². The third kappa shape index (κ3) is 3.89. The molecule has 0 aromatic heterocycles. The third-order valence-corrected chi connectivity index (χ3v) is 4.51. The van der Waals surface area contributed by atoms with Gasteiger partial charge in [0.25, 0.3) is 0 Å². The number of nitrogens with one attached hydrogen (secondary N) is 1. The van der Waals surface area contributed by atoms with E-state index in [0.29, 0.717) is 33.5 Å². The normalized spacial score (nSPS) is 12.3. The molecule has 4 nitrogen and oxygen atoms in total. The first-order chi connectivity index (χ1) is 11.1. The molecule has 0 saturated heterocycles. The Morgan fingerprint density at radius 2 is 2.09 bits per heavy atom. The van der Waals surface area contributed by atoms with Crippen molar-refractivity contribution in [3.05, 3.63) is 52.8 Å². The van der Waals surface area contributed by atoms with E-state index in [9.17, 15) is 9.18 Å². The molecule has 1 heterocycles. The van der Waals surface area contributed by atoms with Gasteiger partial charge in [-0.15, -0.1) is 11.8 Å². The summed E-state index contributed by atoms with van der Waals surface area (Å²) in [4.78, 5) is 11.9. The highest BCUT2D eigenvalue weighted by molar-refractivity contribution is 7.99. The minimum atomic E-state index is -0.360. The molecular weight excluding hydrogens is 341 g/mol. The molecule has 1 aliphatic rings. The number of benzene rings is 2. The number of carbonyl (C=O) groups excluding carboxylic acids is 1. The maximum absolute atomic E-state index is 13.6. The van der Waals surface area contributed by atoms with Crippen LogP contribution < -0.4 is 14.8 Å². The van der Waals surface area contributed by atoms with Crippen molar-refractivity contribution in [2.75, 3.05) is 17.9 Å². The molecule has 2 aromatic rings. The van der Waals surface area contributed by atoms with Crippen molar-refractivity contribution in [3.63, 3.8) is 0 Å². The van der Waals surface area contributed by atoms with Crippen LogP contribution in [-0.4, -0.2) is 18.5 Å². The van der Waals surface area contributed by atoms with Crippen LogP contribution >= 0.6 is 23.4 Å². The SMILES string of the molecule is O=C(CSCc1c(F)cccc1Cl)Nc1ccc2c(c1)OCO2. The van der Waals surface area contributed by atoms with Gasteiger partial charge in [-0.2, -0.15) is 0 Å². The van der Waals surface area contributed by atoms with E-state index >= 15 is 0 Å². The molecule has 0 fully saturated rings. The zero-order valence-corrected chi connectivity index (χ0v) is 13.5. The van der Waals surface area contributed by atoms with E-state index < -0.39 is 0 Å². The van der Waals surface area contributed by atoms with Crippen LogP contribution in [0.25, 0.3) is 0 Å². The average molecular weight is 354 g/mol. The molecule has 0 spiro atoms. The van der Waals surface area contributed by atoms with Crippen LogP contribution in [0.2, 0.25) is 5.02 Å². The second-order valence-corrected chi connectivity index (χ2v) is 6.20. The number of hydrogen-bond acceptors (Lipinski definition) is 4. The highest BCUT2D eigenvalue weighted by Gasteiger charge is 2.14. The van der Waals surface area contributed by atoms with Gasteiger partial charge in [0, 0.05) is 28.1 Å². The summed E-state index contributed by atoms with van der Waals surface area (Å²) in [5, 5.41) is 3.13. The molecule has 0 radical (unpaired) electrons. The molecule has 0 saturated carbocycles. The molecule has 0 aliphatic carbocycles. The monoisotopic (exact) mass is 353 g/mol. The van der Waals surface area contributed by atoms with Crippen LogP contribution in [-0.2, 0) is 10.5 Å². The minimum absolute atomic E-state index is 0.179. The van der Waals surface area contributed by atoms with Crippen LogP contribution in [0.4, 0.5) is 10.1 Å². The predicted molar refractivity (Wildman–Crippen MR) is 88.8 cm³/mol. The van der Waals surface area contributed by atoms with Crippen LogP contribution in [0, 0.1) is 5.82 Å². The number of anilines is 1. The van der Waals surface area contributed by atoms with Gasteiger partial charge in [-0.1, -0.05) is 17.7 Å². The largest absolute Gasteiger partial charge is 0.454 e. The van der Waals surface area contributed by atoms with E-state index in [1.165, 1.54) is 17.8 Å². The Labute approximate surface area is 141 Å². The molecule has 1 aliphatic heterocycles. The van der Waals surface area contributed by atoms with E-state index in [0.717, 1.165) is 0 Å². The molecule has 1 N–H and O–H groups in total. The first-order valence-corrected chi connectivity index (χ1v) is 8.37. The summed E-state index contributed by atoms with van der Waals surface area (Å²) in [6.07, 6.45) is 0. The maximum Gasteiger partial charge on any atom is 0.234 e. The van der Waals surface area contributed by atoms with Gasteiger partial charge in [0.1, 0.15) is 5.82 Å². The standard InChI is InChI=1S/C16H13ClFNO3S/c17-12-2-1-3-13(18)11(12)7-23-8-16(20)19-10-4-5-14-15(6-10)22-9-21-14/h1-6H,7-9H2,(H,19,20). The van der Waals surface area contributed by atoms with Crippen LogP contribution in [0.15, 0.2) is 36.4 Å². The summed E-state index contributed by atoms with van der Waals surface area (Å²) in [5.41, 5.74) is 1.04. The summed E-state index contributed by atoms with van der Waals surface area (Å²) >= 11 is 7.24. The topological polar surface area (TPSA) is 47.6 Å². The molecule has 0 unspecified atom stereocenters. The third-order valence-electron chi connectivity index (χ3n) is 3.20. The number of thioether (sulfide) groups is 1. The lowest BCUT2D eigenvalue weighted by atomic mass is 10.2. The Morgan fingerprint density at radius 3 is 2.91 bits per heavy atom. The van der Waals surface area contributed by atoms with Gasteiger partial charge >= 0.3 is 0 Å². The minimum Gasteiger partial charge on any atom is -0.454 e. The van der Waals surface area contributed by atoms with Crippen molar-refractivity contribution >= 4 is 35.0 Å². The van der Waals surface area contributed by atoms with E-state index in [2.05, 4.69) is 5.32 Å². The zero-order valence-electron chi connectivity index (χ0n) is 12.0. The van der Waals surface area contributed by atoms with Gasteiger partial charge in [0.2, 0.25) is 12.7 Å². The smallest absolute Gasteiger partial charge is 0.234 e. The van der Waals surface area contributed by atoms with Gasteiger partial charge in [-0.05, 0) is 24.3 Å². The Hall–Kier alpha value is -1.92. The Bertz CT molecular complexity index is 721. The Kier molecular flexibility index (Phi) is 4.93. The lowest BCUT2D eigenvalue weighted by molar-refractivity contribution is -0.113. The lowest BCUT2D eigenvalue weighted by Crippen LogP contribution is -2.14. The van der Waals surface area contributed by atoms with E-state index in [4.69, 9.17) is 21.1 Å². The fourth-order valence-corrected chi connectivity index (χ4v) is 3.25. The predicted octanol–water partition coefficient (Wildman–Crippen LogP) is 4.08. The number of ether oxygens (including phenoxy) is 2. The van der Waals surface area contributed by atoms with Gasteiger partial charge < -0.3 is 14.8 Å². The summed E-state index contributed by atoms with van der Waals surface area (Å²) in [6.45, 7) is 0.186. The second kappa shape index (κ2) is 7.10. The van der Waals surface area contributed by atoms with Gasteiger partial charge in [0.15, 0.2) is 11.5 Å². The highest BCUT2D eigenvalue weighted by Crippen LogP contribution is 2.34. The quantitative estimate of drug-likeness (QED) is 0.879. The fourth-order valence-electron chi connectivity index (χ4n) is 2.09. The number of rotatable bonds is 5. The van der Waals surface area contributed by atoms with Crippen molar-refractivity contribution in [2.45, 2.75) is 5.75 Å². The first kappa shape index (κ1) is 16.0. The fraction of sp³-hybridized carbons (Fsp3) is 0.188. The van der Waals surface area contributed by atoms with E-state index in [-0.39, 0.29) is 24.3 Å². The van der Waals surface area contributed by atoms with Crippen LogP contribution in [0.1, 0.15) is 5.56 Å². The number of fused-ring (bicyclic) bond motifs is 1. The van der Waals surface area contributed by atoms with Crippen molar-refractivity contribution in [2.24, 2.45) is 0 Å². The zero-order chi connectivity index (χ0) is 16.2. The van der Waals surface area contributed by atoms with Crippen molar-refractivity contribution < 1.29 is 18.7 Å². The van der Waals surface area contributed by atoms with Crippen LogP contribution in [0.5, 0.6) is 11.5 Å². The average Bonchev–Trinajstić information content (AvgIpc) is 2.98. The second-order valence-electron chi connectivity index (χ2n) is 4.81. The molecule has 7 heteroatoms. The molecule has 3 rings (SSSR count).